The van der Waals surface area contributed by atoms with Gasteiger partial charge in [-0.15, -0.1) is 5.10 Å². The lowest BCUT2D eigenvalue weighted by atomic mass is 10.1. The van der Waals surface area contributed by atoms with Crippen LogP contribution in [0.1, 0.15) is 23.3 Å². The number of aliphatic carboxylic acids is 1. The molecule has 0 bridgehead atoms. The zero-order valence-electron chi connectivity index (χ0n) is 10.9. The molecule has 1 heterocycles. The van der Waals surface area contributed by atoms with Gasteiger partial charge in [0.25, 0.3) is 0 Å². The molecule has 2 aromatic rings. The number of aromatic carboxylic acids is 1. The van der Waals surface area contributed by atoms with Crippen LogP contribution in [0.2, 0.25) is 0 Å². The van der Waals surface area contributed by atoms with E-state index in [9.17, 15) is 14.0 Å². The van der Waals surface area contributed by atoms with Crippen molar-refractivity contribution < 1.29 is 24.2 Å². The lowest BCUT2D eigenvalue weighted by Gasteiger charge is -2.06. The number of aryl methyl sites for hydroxylation is 1. The Morgan fingerprint density at radius 2 is 2.05 bits per heavy atom. The van der Waals surface area contributed by atoms with E-state index < -0.39 is 17.8 Å². The van der Waals surface area contributed by atoms with Gasteiger partial charge >= 0.3 is 11.9 Å². The highest BCUT2D eigenvalue weighted by Crippen LogP contribution is 2.23. The molecule has 0 fully saturated rings. The number of carboxylic acids is 2. The molecule has 0 saturated heterocycles. The van der Waals surface area contributed by atoms with Gasteiger partial charge in [0.15, 0.2) is 5.69 Å². The smallest absolute Gasteiger partial charge is 0.358 e. The minimum atomic E-state index is -1.28. The predicted octanol–water partition coefficient (Wildman–Crippen LogP) is 1.65. The lowest BCUT2D eigenvalue weighted by molar-refractivity contribution is -0.137. The Morgan fingerprint density at radius 1 is 1.29 bits per heavy atom. The van der Waals surface area contributed by atoms with Crippen molar-refractivity contribution in [3.63, 3.8) is 0 Å². The molecule has 0 aliphatic carbocycles. The van der Waals surface area contributed by atoms with Crippen LogP contribution < -0.4 is 0 Å². The first kappa shape index (κ1) is 14.6. The molecule has 0 radical (unpaired) electrons. The molecule has 8 heteroatoms. The summed E-state index contributed by atoms with van der Waals surface area (Å²) in [5.74, 6) is -2.75. The fourth-order valence-electron chi connectivity index (χ4n) is 1.92. The number of carbonyl (C=O) groups is 2. The molecular weight excluding hydrogens is 281 g/mol. The summed E-state index contributed by atoms with van der Waals surface area (Å²) in [5, 5.41) is 25.0. The summed E-state index contributed by atoms with van der Waals surface area (Å²) in [6.45, 7) is 0.179. The average molecular weight is 293 g/mol. The fraction of sp³-hybridized carbons (Fsp3) is 0.231. The Bertz CT molecular complexity index is 684. The van der Waals surface area contributed by atoms with E-state index in [0.717, 1.165) is 0 Å². The first-order chi connectivity index (χ1) is 9.99. The molecule has 21 heavy (non-hydrogen) atoms. The topological polar surface area (TPSA) is 105 Å². The van der Waals surface area contributed by atoms with E-state index in [1.54, 1.807) is 6.07 Å². The van der Waals surface area contributed by atoms with Crippen molar-refractivity contribution in [2.75, 3.05) is 0 Å². The third kappa shape index (κ3) is 3.41. The molecular formula is C13H12FN3O4. The third-order valence-corrected chi connectivity index (χ3v) is 2.80. The summed E-state index contributed by atoms with van der Waals surface area (Å²) < 4.78 is 14.6. The van der Waals surface area contributed by atoms with E-state index in [1.165, 1.54) is 22.9 Å². The monoisotopic (exact) mass is 293 g/mol. The number of hydrogen-bond acceptors (Lipinski definition) is 4. The molecule has 110 valence electrons. The molecule has 1 aromatic carbocycles. The van der Waals surface area contributed by atoms with Gasteiger partial charge in [0.1, 0.15) is 11.5 Å². The second kappa shape index (κ2) is 6.12. The summed E-state index contributed by atoms with van der Waals surface area (Å²) >= 11 is 0. The van der Waals surface area contributed by atoms with Gasteiger partial charge in [0.05, 0.1) is 0 Å². The maximum Gasteiger partial charge on any atom is 0.358 e. The van der Waals surface area contributed by atoms with E-state index in [0.29, 0.717) is 5.56 Å². The second-order valence-electron chi connectivity index (χ2n) is 4.32. The zero-order chi connectivity index (χ0) is 15.4. The fourth-order valence-corrected chi connectivity index (χ4v) is 1.92. The van der Waals surface area contributed by atoms with Gasteiger partial charge in [-0.05, 0) is 18.6 Å². The van der Waals surface area contributed by atoms with Crippen LogP contribution in [-0.2, 0) is 11.3 Å². The van der Waals surface area contributed by atoms with Crippen LogP contribution in [0.5, 0.6) is 0 Å². The molecule has 2 N–H and O–H groups in total. The molecule has 0 spiro atoms. The van der Waals surface area contributed by atoms with Gasteiger partial charge in [-0.3, -0.25) is 4.79 Å². The maximum atomic E-state index is 13.3. The van der Waals surface area contributed by atoms with Crippen LogP contribution in [0.25, 0.3) is 11.3 Å². The van der Waals surface area contributed by atoms with Gasteiger partial charge in [-0.2, -0.15) is 0 Å². The standard InChI is InChI=1S/C13H12FN3O4/c14-9-4-1-3-8(7-9)12-11(13(20)21)15-16-17(12)6-2-5-10(18)19/h1,3-4,7H,2,5-6H2,(H,18,19)(H,20,21). The van der Waals surface area contributed by atoms with Crippen molar-refractivity contribution in [1.29, 1.82) is 0 Å². The van der Waals surface area contributed by atoms with Crippen LogP contribution in [0.3, 0.4) is 0 Å². The van der Waals surface area contributed by atoms with E-state index in [4.69, 9.17) is 10.2 Å². The number of benzene rings is 1. The molecule has 0 atom stereocenters. The van der Waals surface area contributed by atoms with Crippen LogP contribution >= 0.6 is 0 Å². The van der Waals surface area contributed by atoms with Gasteiger partial charge in [-0.25, -0.2) is 13.9 Å². The van der Waals surface area contributed by atoms with Crippen LogP contribution in [0.15, 0.2) is 24.3 Å². The second-order valence-corrected chi connectivity index (χ2v) is 4.32. The quantitative estimate of drug-likeness (QED) is 0.839. The molecule has 0 aliphatic rings. The van der Waals surface area contributed by atoms with Crippen molar-refractivity contribution >= 4 is 11.9 Å². The van der Waals surface area contributed by atoms with Crippen molar-refractivity contribution in [2.45, 2.75) is 19.4 Å². The minimum absolute atomic E-state index is 0.0785. The highest BCUT2D eigenvalue weighted by atomic mass is 19.1. The summed E-state index contributed by atoms with van der Waals surface area (Å²) in [5.41, 5.74) is 0.191. The summed E-state index contributed by atoms with van der Waals surface area (Å²) in [4.78, 5) is 21.7. The number of halogens is 1. The van der Waals surface area contributed by atoms with Crippen LogP contribution in [0.4, 0.5) is 4.39 Å². The Kier molecular flexibility index (Phi) is 4.27. The van der Waals surface area contributed by atoms with E-state index >= 15 is 0 Å². The van der Waals surface area contributed by atoms with Crippen LogP contribution in [0, 0.1) is 5.82 Å². The first-order valence-corrected chi connectivity index (χ1v) is 6.13. The van der Waals surface area contributed by atoms with E-state index in [2.05, 4.69) is 10.3 Å². The Labute approximate surface area is 118 Å². The summed E-state index contributed by atoms with van der Waals surface area (Å²) in [6, 6.07) is 5.41. The van der Waals surface area contributed by atoms with Crippen LogP contribution in [-0.4, -0.2) is 37.1 Å². The molecule has 7 nitrogen and oxygen atoms in total. The van der Waals surface area contributed by atoms with E-state index in [-0.39, 0.29) is 30.8 Å². The van der Waals surface area contributed by atoms with E-state index in [1.807, 2.05) is 0 Å². The van der Waals surface area contributed by atoms with Crippen molar-refractivity contribution in [3.05, 3.63) is 35.8 Å². The van der Waals surface area contributed by atoms with Crippen molar-refractivity contribution in [1.82, 2.24) is 15.0 Å². The number of rotatable bonds is 6. The largest absolute Gasteiger partial charge is 0.481 e. The Hall–Kier alpha value is -2.77. The van der Waals surface area contributed by atoms with Gasteiger partial charge in [0.2, 0.25) is 0 Å². The molecule has 0 saturated carbocycles. The lowest BCUT2D eigenvalue weighted by Crippen LogP contribution is -2.07. The normalized spacial score (nSPS) is 10.5. The molecule has 1 aromatic heterocycles. The maximum absolute atomic E-state index is 13.3. The summed E-state index contributed by atoms with van der Waals surface area (Å²) in [6.07, 6.45) is 0.185. The molecule has 0 amide bonds. The minimum Gasteiger partial charge on any atom is -0.481 e. The SMILES string of the molecule is O=C(O)CCCn1nnc(C(=O)O)c1-c1cccc(F)c1. The highest BCUT2D eigenvalue weighted by molar-refractivity contribution is 5.92. The summed E-state index contributed by atoms with van der Waals surface area (Å²) in [7, 11) is 0. The van der Waals surface area contributed by atoms with Gasteiger partial charge in [-0.1, -0.05) is 17.3 Å². The average Bonchev–Trinajstić information content (AvgIpc) is 2.82. The highest BCUT2D eigenvalue weighted by Gasteiger charge is 2.20. The molecule has 0 unspecified atom stereocenters. The molecule has 0 aliphatic heterocycles. The number of hydrogen-bond donors (Lipinski definition) is 2. The third-order valence-electron chi connectivity index (χ3n) is 2.80. The van der Waals surface area contributed by atoms with Gasteiger partial charge in [0, 0.05) is 18.5 Å². The first-order valence-electron chi connectivity index (χ1n) is 6.13. The van der Waals surface area contributed by atoms with Crippen molar-refractivity contribution in [3.8, 4) is 11.3 Å². The molecule has 2 rings (SSSR count). The Morgan fingerprint density at radius 3 is 2.67 bits per heavy atom. The van der Waals surface area contributed by atoms with Crippen molar-refractivity contribution in [2.24, 2.45) is 0 Å². The number of carboxylic acid groups (broad SMARTS) is 2. The number of nitrogens with zero attached hydrogens (tertiary/aromatic N) is 3. The zero-order valence-corrected chi connectivity index (χ0v) is 10.9. The predicted molar refractivity (Wildman–Crippen MR) is 69.2 cm³/mol. The number of aromatic nitrogens is 3. The Balaban J connectivity index is 2.38. The van der Waals surface area contributed by atoms with Gasteiger partial charge < -0.3 is 10.2 Å².